The number of nitrogens with two attached hydrogens (primary N) is 1. The van der Waals surface area contributed by atoms with E-state index in [0.717, 1.165) is 67.0 Å². The second kappa shape index (κ2) is 10.3. The van der Waals surface area contributed by atoms with Crippen LogP contribution >= 0.6 is 0 Å². The lowest BCUT2D eigenvalue weighted by atomic mass is 9.93. The molecule has 3 aromatic rings. The van der Waals surface area contributed by atoms with Gasteiger partial charge in [0.25, 0.3) is 0 Å². The Morgan fingerprint density at radius 2 is 1.89 bits per heavy atom. The number of anilines is 1. The smallest absolute Gasteiger partial charge is 0.237 e. The minimum atomic E-state index is -0.651. The Kier molecular flexibility index (Phi) is 6.99. The molecule has 2 heterocycles. The maximum absolute atomic E-state index is 13.1. The van der Waals surface area contributed by atoms with Gasteiger partial charge < -0.3 is 21.5 Å². The Balaban J connectivity index is 1.27. The number of hydrogen-bond donors (Lipinski definition) is 4. The maximum atomic E-state index is 13.1. The van der Waals surface area contributed by atoms with E-state index in [1.165, 1.54) is 16.7 Å². The first kappa shape index (κ1) is 24.3. The number of hydrogen-bond acceptors (Lipinski definition) is 5. The summed E-state index contributed by atoms with van der Waals surface area (Å²) in [6.07, 6.45) is 2.35. The van der Waals surface area contributed by atoms with Crippen LogP contribution in [0.5, 0.6) is 5.75 Å². The van der Waals surface area contributed by atoms with Crippen molar-refractivity contribution in [2.75, 3.05) is 18.4 Å². The molecule has 0 spiro atoms. The minimum Gasteiger partial charge on any atom is -0.508 e. The molecular formula is C30H36N4O2. The summed E-state index contributed by atoms with van der Waals surface area (Å²) < 4.78 is 0. The summed E-state index contributed by atoms with van der Waals surface area (Å²) in [5, 5.41) is 16.5. The van der Waals surface area contributed by atoms with E-state index in [9.17, 15) is 9.90 Å². The van der Waals surface area contributed by atoms with Crippen molar-refractivity contribution in [3.05, 3.63) is 93.5 Å². The molecule has 36 heavy (non-hydrogen) atoms. The normalized spacial score (nSPS) is 18.0. The van der Waals surface area contributed by atoms with Crippen molar-refractivity contribution < 1.29 is 9.90 Å². The highest BCUT2D eigenvalue weighted by atomic mass is 16.3. The Bertz CT molecular complexity index is 1250. The molecule has 5 rings (SSSR count). The van der Waals surface area contributed by atoms with Crippen LogP contribution in [0, 0.1) is 13.8 Å². The summed E-state index contributed by atoms with van der Waals surface area (Å²) in [5.41, 5.74) is 15.6. The zero-order chi connectivity index (χ0) is 25.2. The number of fused-ring (bicyclic) bond motifs is 2. The van der Waals surface area contributed by atoms with Crippen molar-refractivity contribution in [1.82, 2.24) is 10.2 Å². The van der Waals surface area contributed by atoms with E-state index < -0.39 is 6.04 Å². The number of carbonyl (C=O) groups is 1. The minimum absolute atomic E-state index is 0.0659. The molecule has 0 bridgehead atoms. The molecule has 6 heteroatoms. The third-order valence-corrected chi connectivity index (χ3v) is 7.61. The van der Waals surface area contributed by atoms with Crippen molar-refractivity contribution >= 4 is 11.6 Å². The molecule has 2 aliphatic rings. The van der Waals surface area contributed by atoms with Crippen molar-refractivity contribution in [2.45, 2.75) is 58.3 Å². The van der Waals surface area contributed by atoms with Gasteiger partial charge in [0.1, 0.15) is 5.75 Å². The van der Waals surface area contributed by atoms with E-state index in [4.69, 9.17) is 5.73 Å². The van der Waals surface area contributed by atoms with Gasteiger partial charge in [-0.3, -0.25) is 9.69 Å². The highest BCUT2D eigenvalue weighted by Crippen LogP contribution is 2.32. The van der Waals surface area contributed by atoms with Crippen LogP contribution in [0.1, 0.15) is 51.4 Å². The quantitative estimate of drug-likeness (QED) is 0.423. The van der Waals surface area contributed by atoms with E-state index in [-0.39, 0.29) is 17.7 Å². The topological polar surface area (TPSA) is 90.6 Å². The van der Waals surface area contributed by atoms with Gasteiger partial charge in [0.15, 0.2) is 0 Å². The molecule has 2 atom stereocenters. The fraction of sp³-hybridized carbons (Fsp3) is 0.367. The van der Waals surface area contributed by atoms with Gasteiger partial charge in [-0.2, -0.15) is 0 Å². The molecule has 0 aliphatic carbocycles. The van der Waals surface area contributed by atoms with Crippen LogP contribution in [0.25, 0.3) is 0 Å². The zero-order valence-electron chi connectivity index (χ0n) is 21.2. The summed E-state index contributed by atoms with van der Waals surface area (Å²) in [5.74, 6) is 0.0976. The van der Waals surface area contributed by atoms with Gasteiger partial charge in [-0.05, 0) is 90.3 Å². The lowest BCUT2D eigenvalue weighted by Crippen LogP contribution is -2.44. The van der Waals surface area contributed by atoms with Crippen LogP contribution in [-0.4, -0.2) is 35.0 Å². The number of rotatable bonds is 6. The molecular weight excluding hydrogens is 448 g/mol. The third kappa shape index (κ3) is 5.25. The fourth-order valence-electron chi connectivity index (χ4n) is 5.65. The number of aromatic hydroxyl groups is 1. The number of nitrogens with zero attached hydrogens (tertiary/aromatic N) is 1. The van der Waals surface area contributed by atoms with Gasteiger partial charge >= 0.3 is 0 Å². The lowest BCUT2D eigenvalue weighted by Gasteiger charge is -2.31. The Labute approximate surface area is 213 Å². The standard InChI is InChI=1S/C30H36N4O2/c1-19-13-24(35)14-20(2)25(19)16-27(31)30(36)33-29-9-11-32-28-8-7-21(15-26(28)29)17-34-12-10-22-5-3-4-6-23(22)18-34/h3-8,13-15,27,29,32,35H,9-12,16-18,31H2,1-2H3,(H,33,36)/t27-,29+/m0/s1. The van der Waals surface area contributed by atoms with Crippen molar-refractivity contribution in [3.63, 3.8) is 0 Å². The van der Waals surface area contributed by atoms with Gasteiger partial charge in [-0.1, -0.05) is 36.4 Å². The molecule has 0 unspecified atom stereocenters. The molecule has 5 N–H and O–H groups in total. The molecule has 0 aromatic heterocycles. The second-order valence-corrected chi connectivity index (χ2v) is 10.3. The number of amides is 1. The van der Waals surface area contributed by atoms with Gasteiger partial charge in [0.05, 0.1) is 12.1 Å². The van der Waals surface area contributed by atoms with E-state index in [1.54, 1.807) is 12.1 Å². The molecule has 0 radical (unpaired) electrons. The number of nitrogens with one attached hydrogen (secondary N) is 2. The molecule has 3 aromatic carbocycles. The van der Waals surface area contributed by atoms with Crippen LogP contribution < -0.4 is 16.4 Å². The first-order valence-corrected chi connectivity index (χ1v) is 12.9. The molecule has 0 saturated carbocycles. The van der Waals surface area contributed by atoms with Gasteiger partial charge in [-0.15, -0.1) is 0 Å². The van der Waals surface area contributed by atoms with Gasteiger partial charge in [-0.25, -0.2) is 0 Å². The first-order chi connectivity index (χ1) is 17.4. The summed E-state index contributed by atoms with van der Waals surface area (Å²) in [7, 11) is 0. The largest absolute Gasteiger partial charge is 0.508 e. The van der Waals surface area contributed by atoms with E-state index in [1.807, 2.05) is 13.8 Å². The highest BCUT2D eigenvalue weighted by Gasteiger charge is 2.26. The predicted octanol–water partition coefficient (Wildman–Crippen LogP) is 4.11. The number of benzene rings is 3. The summed E-state index contributed by atoms with van der Waals surface area (Å²) in [6, 6.07) is 18.0. The molecule has 188 valence electrons. The SMILES string of the molecule is Cc1cc(O)cc(C)c1C[C@H](N)C(=O)N[C@@H]1CCNc2ccc(CN3CCc4ccccc4C3)cc21. The second-order valence-electron chi connectivity index (χ2n) is 10.3. The number of carbonyl (C=O) groups excluding carboxylic acids is 1. The average molecular weight is 485 g/mol. The van der Waals surface area contributed by atoms with Gasteiger partial charge in [0, 0.05) is 31.9 Å². The highest BCUT2D eigenvalue weighted by molar-refractivity contribution is 5.82. The molecule has 1 amide bonds. The molecule has 6 nitrogen and oxygen atoms in total. The Hall–Kier alpha value is -3.35. The van der Waals surface area contributed by atoms with E-state index in [0.29, 0.717) is 6.42 Å². The van der Waals surface area contributed by atoms with Crippen molar-refractivity contribution in [3.8, 4) is 5.75 Å². The van der Waals surface area contributed by atoms with Crippen molar-refractivity contribution in [1.29, 1.82) is 0 Å². The summed E-state index contributed by atoms with van der Waals surface area (Å²) in [6.45, 7) is 7.61. The lowest BCUT2D eigenvalue weighted by molar-refractivity contribution is -0.123. The van der Waals surface area contributed by atoms with E-state index in [2.05, 4.69) is 58.0 Å². The average Bonchev–Trinajstić information content (AvgIpc) is 2.86. The van der Waals surface area contributed by atoms with Crippen molar-refractivity contribution in [2.24, 2.45) is 5.73 Å². The van der Waals surface area contributed by atoms with Crippen LogP contribution in [0.2, 0.25) is 0 Å². The summed E-state index contributed by atoms with van der Waals surface area (Å²) >= 11 is 0. The summed E-state index contributed by atoms with van der Waals surface area (Å²) in [4.78, 5) is 15.6. The molecule has 2 aliphatic heterocycles. The monoisotopic (exact) mass is 484 g/mol. The van der Waals surface area contributed by atoms with E-state index >= 15 is 0 Å². The number of phenolic OH excluding ortho intramolecular Hbond substituents is 1. The predicted molar refractivity (Wildman–Crippen MR) is 144 cm³/mol. The Morgan fingerprint density at radius 3 is 2.67 bits per heavy atom. The maximum Gasteiger partial charge on any atom is 0.237 e. The third-order valence-electron chi connectivity index (χ3n) is 7.61. The fourth-order valence-corrected chi connectivity index (χ4v) is 5.65. The Morgan fingerprint density at radius 1 is 1.14 bits per heavy atom. The molecule has 0 saturated heterocycles. The number of aryl methyl sites for hydroxylation is 2. The van der Waals surface area contributed by atoms with Crippen LogP contribution in [-0.2, 0) is 30.7 Å². The van der Waals surface area contributed by atoms with Crippen LogP contribution in [0.3, 0.4) is 0 Å². The van der Waals surface area contributed by atoms with Crippen LogP contribution in [0.15, 0.2) is 54.6 Å². The first-order valence-electron chi connectivity index (χ1n) is 12.9. The van der Waals surface area contributed by atoms with Gasteiger partial charge in [0.2, 0.25) is 5.91 Å². The zero-order valence-corrected chi connectivity index (χ0v) is 21.2. The molecule has 0 fully saturated rings. The van der Waals surface area contributed by atoms with Crippen LogP contribution in [0.4, 0.5) is 5.69 Å². The number of phenols is 1.